The van der Waals surface area contributed by atoms with E-state index in [0.717, 1.165) is 8.45 Å². The van der Waals surface area contributed by atoms with E-state index in [9.17, 15) is 8.42 Å². The minimum absolute atomic E-state index is 0.0179. The average Bonchev–Trinajstić information content (AvgIpc) is 2.82. The van der Waals surface area contributed by atoms with Crippen LogP contribution in [0, 0.1) is 3.57 Å². The van der Waals surface area contributed by atoms with Crippen molar-refractivity contribution in [1.82, 2.24) is 0 Å². The van der Waals surface area contributed by atoms with Crippen molar-refractivity contribution in [3.05, 3.63) is 44.8 Å². The normalized spacial score (nSPS) is 11.5. The highest BCUT2D eigenvalue weighted by Crippen LogP contribution is 2.26. The Balaban J connectivity index is 2.25. The number of thiophene rings is 1. The molecule has 0 saturated heterocycles. The van der Waals surface area contributed by atoms with Crippen molar-refractivity contribution >= 4 is 49.6 Å². The summed E-state index contributed by atoms with van der Waals surface area (Å²) in [6.45, 7) is 0.0179. The maximum Gasteiger partial charge on any atom is 0.271 e. The van der Waals surface area contributed by atoms with Crippen molar-refractivity contribution in [2.45, 2.75) is 10.6 Å². The number of rotatable bonds is 5. The maximum atomic E-state index is 12.2. The van der Waals surface area contributed by atoms with E-state index in [4.69, 9.17) is 5.11 Å². The zero-order chi connectivity index (χ0) is 13.9. The largest absolute Gasteiger partial charge is 0.396 e. The van der Waals surface area contributed by atoms with Crippen LogP contribution in [0.3, 0.4) is 0 Å². The van der Waals surface area contributed by atoms with Gasteiger partial charge in [0.1, 0.15) is 4.21 Å². The molecule has 0 unspecified atom stereocenters. The quantitative estimate of drug-likeness (QED) is 0.747. The fourth-order valence-corrected chi connectivity index (χ4v) is 4.62. The molecule has 0 fully saturated rings. The molecule has 0 aliphatic carbocycles. The van der Waals surface area contributed by atoms with Crippen LogP contribution in [-0.2, 0) is 16.4 Å². The van der Waals surface area contributed by atoms with Crippen LogP contribution in [-0.4, -0.2) is 20.1 Å². The number of hydrogen-bond donors (Lipinski definition) is 2. The monoisotopic (exact) mass is 409 g/mol. The molecule has 4 nitrogen and oxygen atoms in total. The van der Waals surface area contributed by atoms with Crippen LogP contribution < -0.4 is 4.72 Å². The summed E-state index contributed by atoms with van der Waals surface area (Å²) in [5.74, 6) is 0. The molecular formula is C12H12INO3S2. The molecule has 2 N–H and O–H groups in total. The number of para-hydroxylation sites is 1. The Bertz CT molecular complexity index is 667. The Morgan fingerprint density at radius 1 is 1.21 bits per heavy atom. The smallest absolute Gasteiger partial charge is 0.271 e. The second kappa shape index (κ2) is 6.21. The predicted molar refractivity (Wildman–Crippen MR) is 85.1 cm³/mol. The van der Waals surface area contributed by atoms with Crippen molar-refractivity contribution in [1.29, 1.82) is 0 Å². The van der Waals surface area contributed by atoms with Crippen molar-refractivity contribution in [2.75, 3.05) is 11.3 Å². The summed E-state index contributed by atoms with van der Waals surface area (Å²) in [4.78, 5) is 0.852. The van der Waals surface area contributed by atoms with E-state index in [1.54, 1.807) is 24.3 Å². The van der Waals surface area contributed by atoms with Crippen molar-refractivity contribution < 1.29 is 13.5 Å². The number of aliphatic hydroxyl groups is 1. The lowest BCUT2D eigenvalue weighted by molar-refractivity contribution is 0.300. The molecule has 0 spiro atoms. The summed E-state index contributed by atoms with van der Waals surface area (Å²) in [6, 6.07) is 10.5. The first-order chi connectivity index (χ1) is 9.03. The number of halogens is 1. The van der Waals surface area contributed by atoms with Gasteiger partial charge in [-0.3, -0.25) is 4.72 Å². The van der Waals surface area contributed by atoms with Crippen LogP contribution in [0.15, 0.2) is 40.6 Å². The molecule has 19 heavy (non-hydrogen) atoms. The molecule has 1 aromatic carbocycles. The van der Waals surface area contributed by atoms with Gasteiger partial charge in [0.25, 0.3) is 10.0 Å². The van der Waals surface area contributed by atoms with Gasteiger partial charge >= 0.3 is 0 Å². The number of anilines is 1. The Labute approximate surface area is 129 Å². The number of benzene rings is 1. The number of sulfonamides is 1. The van der Waals surface area contributed by atoms with Gasteiger partial charge in [-0.1, -0.05) is 12.1 Å². The first-order valence-electron chi connectivity index (χ1n) is 5.50. The van der Waals surface area contributed by atoms with Crippen molar-refractivity contribution in [3.8, 4) is 0 Å². The van der Waals surface area contributed by atoms with E-state index in [-0.39, 0.29) is 10.8 Å². The first-order valence-corrected chi connectivity index (χ1v) is 8.88. The molecule has 0 amide bonds. The highest BCUT2D eigenvalue weighted by molar-refractivity contribution is 14.1. The zero-order valence-corrected chi connectivity index (χ0v) is 13.6. The van der Waals surface area contributed by atoms with Gasteiger partial charge in [-0.15, -0.1) is 11.3 Å². The van der Waals surface area contributed by atoms with E-state index >= 15 is 0 Å². The third-order valence-electron chi connectivity index (χ3n) is 2.38. The van der Waals surface area contributed by atoms with Crippen LogP contribution in [0.4, 0.5) is 5.69 Å². The van der Waals surface area contributed by atoms with E-state index in [0.29, 0.717) is 12.1 Å². The standard InChI is InChI=1S/C12H12INO3S2/c13-10-3-1-2-4-11(10)14-19(16,17)12-6-5-9(18-12)7-8-15/h1-6,14-15H,7-8H2. The lowest BCUT2D eigenvalue weighted by Crippen LogP contribution is -2.12. The van der Waals surface area contributed by atoms with Crippen molar-refractivity contribution in [3.63, 3.8) is 0 Å². The maximum absolute atomic E-state index is 12.2. The molecule has 102 valence electrons. The number of nitrogens with one attached hydrogen (secondary N) is 1. The van der Waals surface area contributed by atoms with Crippen LogP contribution in [0.25, 0.3) is 0 Å². The predicted octanol–water partition coefficient (Wildman–Crippen LogP) is 2.69. The SMILES string of the molecule is O=S(=O)(Nc1ccccc1I)c1ccc(CCO)s1. The number of hydrogen-bond acceptors (Lipinski definition) is 4. The molecule has 0 aliphatic rings. The Morgan fingerprint density at radius 3 is 2.63 bits per heavy atom. The molecule has 7 heteroatoms. The highest BCUT2D eigenvalue weighted by atomic mass is 127. The topological polar surface area (TPSA) is 66.4 Å². The second-order valence-electron chi connectivity index (χ2n) is 3.78. The van der Waals surface area contributed by atoms with E-state index in [1.165, 1.54) is 11.3 Å². The van der Waals surface area contributed by atoms with Crippen LogP contribution in [0.1, 0.15) is 4.88 Å². The summed E-state index contributed by atoms with van der Waals surface area (Å²) in [6.07, 6.45) is 0.475. The first kappa shape index (κ1) is 14.8. The van der Waals surface area contributed by atoms with Crippen LogP contribution in [0.2, 0.25) is 0 Å². The molecule has 0 atom stereocenters. The summed E-state index contributed by atoms with van der Waals surface area (Å²) in [7, 11) is -3.55. The highest BCUT2D eigenvalue weighted by Gasteiger charge is 2.17. The zero-order valence-electron chi connectivity index (χ0n) is 9.84. The van der Waals surface area contributed by atoms with Crippen LogP contribution >= 0.6 is 33.9 Å². The van der Waals surface area contributed by atoms with Gasteiger partial charge in [0, 0.05) is 21.5 Å². The van der Waals surface area contributed by atoms with Gasteiger partial charge in [-0.25, -0.2) is 8.42 Å². The minimum Gasteiger partial charge on any atom is -0.396 e. The van der Waals surface area contributed by atoms with E-state index in [1.807, 2.05) is 12.1 Å². The van der Waals surface area contributed by atoms with Gasteiger partial charge in [0.2, 0.25) is 0 Å². The molecule has 2 rings (SSSR count). The average molecular weight is 409 g/mol. The molecule has 1 aromatic heterocycles. The van der Waals surface area contributed by atoms with Crippen LogP contribution in [0.5, 0.6) is 0 Å². The van der Waals surface area contributed by atoms with E-state index in [2.05, 4.69) is 27.3 Å². The van der Waals surface area contributed by atoms with Gasteiger partial charge in [0.15, 0.2) is 0 Å². The molecule has 0 bridgehead atoms. The summed E-state index contributed by atoms with van der Waals surface area (Å²) in [5, 5.41) is 8.84. The Hall–Kier alpha value is -0.640. The fourth-order valence-electron chi connectivity index (χ4n) is 1.49. The molecule has 0 radical (unpaired) electrons. The van der Waals surface area contributed by atoms with Gasteiger partial charge in [-0.2, -0.15) is 0 Å². The molecular weight excluding hydrogens is 397 g/mol. The molecule has 1 heterocycles. The number of aliphatic hydroxyl groups excluding tert-OH is 1. The summed E-state index contributed by atoms with van der Waals surface area (Å²) in [5.41, 5.74) is 0.570. The Morgan fingerprint density at radius 2 is 1.95 bits per heavy atom. The molecule has 2 aromatic rings. The van der Waals surface area contributed by atoms with Gasteiger partial charge in [0.05, 0.1) is 5.69 Å². The van der Waals surface area contributed by atoms with Gasteiger partial charge in [-0.05, 0) is 46.9 Å². The lowest BCUT2D eigenvalue weighted by atomic mass is 10.3. The third kappa shape index (κ3) is 3.68. The summed E-state index contributed by atoms with van der Waals surface area (Å²) >= 11 is 3.26. The molecule has 0 saturated carbocycles. The van der Waals surface area contributed by atoms with Gasteiger partial charge < -0.3 is 5.11 Å². The summed E-state index contributed by atoms with van der Waals surface area (Å²) < 4.78 is 28.1. The van der Waals surface area contributed by atoms with E-state index < -0.39 is 10.0 Å². The second-order valence-corrected chi connectivity index (χ2v) is 8.02. The lowest BCUT2D eigenvalue weighted by Gasteiger charge is -2.07. The molecule has 0 aliphatic heterocycles. The minimum atomic E-state index is -3.55. The Kier molecular flexibility index (Phi) is 4.82. The van der Waals surface area contributed by atoms with Crippen molar-refractivity contribution in [2.24, 2.45) is 0 Å². The fraction of sp³-hybridized carbons (Fsp3) is 0.167. The third-order valence-corrected chi connectivity index (χ3v) is 6.32.